The van der Waals surface area contributed by atoms with Gasteiger partial charge in [0.05, 0.1) is 19.8 Å². The third kappa shape index (κ3) is 14.2. The summed E-state index contributed by atoms with van der Waals surface area (Å²) in [6, 6.07) is 6.18. The van der Waals surface area contributed by atoms with Crippen molar-refractivity contribution in [1.29, 1.82) is 0 Å². The van der Waals surface area contributed by atoms with Crippen LogP contribution in [0.4, 0.5) is 0 Å². The van der Waals surface area contributed by atoms with Crippen LogP contribution in [0.1, 0.15) is 57.1 Å². The lowest BCUT2D eigenvalue weighted by Crippen LogP contribution is -2.37. The van der Waals surface area contributed by atoms with Crippen LogP contribution in [0.25, 0.3) is 0 Å². The first-order valence-corrected chi connectivity index (χ1v) is 11.0. The van der Waals surface area contributed by atoms with E-state index in [4.69, 9.17) is 19.2 Å². The smallest absolute Gasteiger partial charge is 0.305 e. The molecule has 2 N–H and O–H groups in total. The topological polar surface area (TPSA) is 81.2 Å². The molecular formula is C23H40IN3O4. The first kappa shape index (κ1) is 29.5. The van der Waals surface area contributed by atoms with Crippen molar-refractivity contribution in [2.24, 2.45) is 4.99 Å². The number of carbonyl (C=O) groups is 1. The molecule has 0 atom stereocenters. The van der Waals surface area contributed by atoms with Crippen molar-refractivity contribution in [3.63, 3.8) is 0 Å². The number of aliphatic imine (C=N–C) groups is 1. The molecule has 0 fully saturated rings. The van der Waals surface area contributed by atoms with Crippen LogP contribution >= 0.6 is 24.0 Å². The number of ether oxygens (including phenoxy) is 3. The van der Waals surface area contributed by atoms with Gasteiger partial charge < -0.3 is 24.8 Å². The van der Waals surface area contributed by atoms with Gasteiger partial charge in [-0.15, -0.1) is 24.0 Å². The Morgan fingerprint density at radius 3 is 2.55 bits per heavy atom. The van der Waals surface area contributed by atoms with Gasteiger partial charge in [0.25, 0.3) is 0 Å². The van der Waals surface area contributed by atoms with Crippen molar-refractivity contribution < 1.29 is 19.0 Å². The summed E-state index contributed by atoms with van der Waals surface area (Å²) < 4.78 is 15.9. The van der Waals surface area contributed by atoms with E-state index in [1.807, 2.05) is 13.0 Å². The van der Waals surface area contributed by atoms with Crippen molar-refractivity contribution in [1.82, 2.24) is 10.6 Å². The van der Waals surface area contributed by atoms with E-state index in [0.29, 0.717) is 32.8 Å². The highest BCUT2D eigenvalue weighted by atomic mass is 127. The Bertz CT molecular complexity index is 641. The highest BCUT2D eigenvalue weighted by molar-refractivity contribution is 14.0. The summed E-state index contributed by atoms with van der Waals surface area (Å²) in [6.07, 6.45) is 4.52. The maximum absolute atomic E-state index is 11.3. The summed E-state index contributed by atoms with van der Waals surface area (Å²) >= 11 is 0. The van der Waals surface area contributed by atoms with Crippen molar-refractivity contribution in [3.05, 3.63) is 29.3 Å². The fraction of sp³-hybridized carbons (Fsp3) is 0.652. The van der Waals surface area contributed by atoms with Gasteiger partial charge in [-0.3, -0.25) is 4.79 Å². The SMILES string of the molecule is CCNC(=NCc1ccc(C)cc1OCCOC)NCCCCCCC(=O)OCC.I. The molecular weight excluding hydrogens is 509 g/mol. The second-order valence-corrected chi connectivity index (χ2v) is 7.04. The van der Waals surface area contributed by atoms with Crippen molar-refractivity contribution in [2.45, 2.75) is 59.4 Å². The van der Waals surface area contributed by atoms with Crippen LogP contribution in [-0.4, -0.2) is 51.9 Å². The summed E-state index contributed by atoms with van der Waals surface area (Å²) in [5, 5.41) is 6.66. The van der Waals surface area contributed by atoms with E-state index >= 15 is 0 Å². The zero-order chi connectivity index (χ0) is 22.0. The number of halogens is 1. The van der Waals surface area contributed by atoms with Gasteiger partial charge in [0.1, 0.15) is 12.4 Å². The molecule has 1 aromatic carbocycles. The molecule has 0 saturated heterocycles. The van der Waals surface area contributed by atoms with Gasteiger partial charge >= 0.3 is 5.97 Å². The second-order valence-electron chi connectivity index (χ2n) is 7.04. The predicted molar refractivity (Wildman–Crippen MR) is 137 cm³/mol. The normalized spacial score (nSPS) is 10.9. The number of guanidine groups is 1. The summed E-state index contributed by atoms with van der Waals surface area (Å²) in [7, 11) is 1.67. The molecule has 0 aliphatic carbocycles. The van der Waals surface area contributed by atoms with E-state index in [2.05, 4.69) is 36.6 Å². The number of hydrogen-bond donors (Lipinski definition) is 2. The first-order chi connectivity index (χ1) is 14.6. The largest absolute Gasteiger partial charge is 0.491 e. The quantitative estimate of drug-likeness (QED) is 0.112. The Hall–Kier alpha value is -1.55. The monoisotopic (exact) mass is 549 g/mol. The fourth-order valence-corrected chi connectivity index (χ4v) is 2.86. The molecule has 0 bridgehead atoms. The number of nitrogens with zero attached hydrogens (tertiary/aromatic N) is 1. The molecule has 0 unspecified atom stereocenters. The standard InChI is InChI=1S/C23H39N3O4.HI/c1-5-24-23(25-14-10-8-7-9-11-22(27)29-6-2)26-18-20-13-12-19(3)17-21(20)30-16-15-28-4;/h12-13,17H,5-11,14-16,18H2,1-4H3,(H2,24,25,26);1H. The van der Waals surface area contributed by atoms with Crippen LogP contribution in [0.5, 0.6) is 5.75 Å². The lowest BCUT2D eigenvalue weighted by Gasteiger charge is -2.13. The van der Waals surface area contributed by atoms with Gasteiger partial charge in [-0.25, -0.2) is 4.99 Å². The molecule has 31 heavy (non-hydrogen) atoms. The van der Waals surface area contributed by atoms with Crippen LogP contribution in [0.3, 0.4) is 0 Å². The van der Waals surface area contributed by atoms with E-state index in [9.17, 15) is 4.79 Å². The van der Waals surface area contributed by atoms with E-state index < -0.39 is 0 Å². The van der Waals surface area contributed by atoms with Crippen LogP contribution in [0.15, 0.2) is 23.2 Å². The summed E-state index contributed by atoms with van der Waals surface area (Å²) in [5.41, 5.74) is 2.20. The highest BCUT2D eigenvalue weighted by Gasteiger charge is 2.06. The van der Waals surface area contributed by atoms with E-state index in [1.165, 1.54) is 0 Å². The van der Waals surface area contributed by atoms with Gasteiger partial charge in [0.2, 0.25) is 0 Å². The van der Waals surface area contributed by atoms with Gasteiger partial charge in [0.15, 0.2) is 5.96 Å². The molecule has 1 rings (SSSR count). The number of unbranched alkanes of at least 4 members (excludes halogenated alkanes) is 3. The average Bonchev–Trinajstić information content (AvgIpc) is 2.72. The van der Waals surface area contributed by atoms with Gasteiger partial charge in [-0.05, 0) is 45.2 Å². The summed E-state index contributed by atoms with van der Waals surface area (Å²) in [6.45, 7) is 9.65. The minimum absolute atomic E-state index is 0. The minimum Gasteiger partial charge on any atom is -0.491 e. The maximum atomic E-state index is 11.3. The molecule has 0 aliphatic rings. The van der Waals surface area contributed by atoms with Gasteiger partial charge in [-0.1, -0.05) is 25.0 Å². The van der Waals surface area contributed by atoms with E-state index in [1.54, 1.807) is 7.11 Å². The number of hydrogen-bond acceptors (Lipinski definition) is 5. The van der Waals surface area contributed by atoms with Crippen molar-refractivity contribution >= 4 is 35.9 Å². The van der Waals surface area contributed by atoms with E-state index in [-0.39, 0.29) is 29.9 Å². The highest BCUT2D eigenvalue weighted by Crippen LogP contribution is 2.21. The molecule has 0 saturated carbocycles. The fourth-order valence-electron chi connectivity index (χ4n) is 2.86. The number of nitrogens with one attached hydrogen (secondary N) is 2. The van der Waals surface area contributed by atoms with Crippen LogP contribution in [-0.2, 0) is 20.8 Å². The molecule has 0 spiro atoms. The maximum Gasteiger partial charge on any atom is 0.305 e. The van der Waals surface area contributed by atoms with Gasteiger partial charge in [0, 0.05) is 32.2 Å². The third-order valence-corrected chi connectivity index (χ3v) is 4.42. The zero-order valence-electron chi connectivity index (χ0n) is 19.5. The Balaban J connectivity index is 0.00000900. The third-order valence-electron chi connectivity index (χ3n) is 4.42. The summed E-state index contributed by atoms with van der Waals surface area (Å²) in [4.78, 5) is 16.0. The summed E-state index contributed by atoms with van der Waals surface area (Å²) in [5.74, 6) is 1.56. The molecule has 0 radical (unpaired) electrons. The second kappa shape index (κ2) is 19.2. The van der Waals surface area contributed by atoms with Crippen molar-refractivity contribution in [3.8, 4) is 5.75 Å². The average molecular weight is 549 g/mol. The number of rotatable bonds is 15. The Labute approximate surface area is 204 Å². The molecule has 8 heteroatoms. The Morgan fingerprint density at radius 1 is 1.06 bits per heavy atom. The molecule has 0 amide bonds. The molecule has 1 aromatic rings. The molecule has 0 heterocycles. The van der Waals surface area contributed by atoms with Crippen LogP contribution < -0.4 is 15.4 Å². The zero-order valence-corrected chi connectivity index (χ0v) is 21.8. The van der Waals surface area contributed by atoms with Gasteiger partial charge in [-0.2, -0.15) is 0 Å². The lowest BCUT2D eigenvalue weighted by molar-refractivity contribution is -0.143. The predicted octanol–water partition coefficient (Wildman–Crippen LogP) is 4.21. The minimum atomic E-state index is -0.0983. The molecule has 0 aliphatic heterocycles. The number of benzene rings is 1. The van der Waals surface area contributed by atoms with E-state index in [0.717, 1.165) is 61.6 Å². The number of carbonyl (C=O) groups excluding carboxylic acids is 1. The number of methoxy groups -OCH3 is 1. The Morgan fingerprint density at radius 2 is 1.84 bits per heavy atom. The lowest BCUT2D eigenvalue weighted by atomic mass is 10.1. The molecule has 0 aromatic heterocycles. The first-order valence-electron chi connectivity index (χ1n) is 11.0. The number of esters is 1. The van der Waals surface area contributed by atoms with Crippen molar-refractivity contribution in [2.75, 3.05) is 40.0 Å². The molecule has 178 valence electrons. The van der Waals surface area contributed by atoms with Crippen LogP contribution in [0, 0.1) is 6.92 Å². The number of aryl methyl sites for hydroxylation is 1. The molecule has 7 nitrogen and oxygen atoms in total. The Kier molecular flexibility index (Phi) is 18.2. The van der Waals surface area contributed by atoms with Crippen LogP contribution in [0.2, 0.25) is 0 Å².